The average Bonchev–Trinajstić information content (AvgIpc) is 2.78. The highest BCUT2D eigenvalue weighted by atomic mass is 79.9. The zero-order valence-corrected chi connectivity index (χ0v) is 12.7. The molecule has 1 unspecified atom stereocenters. The van der Waals surface area contributed by atoms with Gasteiger partial charge in [0.2, 0.25) is 0 Å². The fourth-order valence-corrected chi connectivity index (χ4v) is 2.69. The van der Waals surface area contributed by atoms with Crippen LogP contribution in [-0.4, -0.2) is 21.0 Å². The molecule has 2 aromatic heterocycles. The maximum Gasteiger partial charge on any atom is 0.339 e. The fourth-order valence-electron chi connectivity index (χ4n) is 1.56. The first-order valence-electron chi connectivity index (χ1n) is 5.54. The smallest absolute Gasteiger partial charge is 0.339 e. The number of carboxylic acids is 1. The van der Waals surface area contributed by atoms with E-state index in [1.54, 1.807) is 6.20 Å². The summed E-state index contributed by atoms with van der Waals surface area (Å²) in [6, 6.07) is 1.43. The number of carbonyl (C=O) groups is 1. The molecule has 2 N–H and O–H groups in total. The molecule has 0 aliphatic heterocycles. The molecular formula is C12H12BrN3O2S. The molecule has 7 heteroatoms. The van der Waals surface area contributed by atoms with Gasteiger partial charge in [0, 0.05) is 21.7 Å². The summed E-state index contributed by atoms with van der Waals surface area (Å²) in [5, 5.41) is 15.1. The Morgan fingerprint density at radius 2 is 2.32 bits per heavy atom. The van der Waals surface area contributed by atoms with Gasteiger partial charge in [-0.15, -0.1) is 11.3 Å². The number of aromatic nitrogens is 2. The minimum absolute atomic E-state index is 0.0922. The number of thiazole rings is 1. The van der Waals surface area contributed by atoms with Gasteiger partial charge in [0.05, 0.1) is 6.04 Å². The van der Waals surface area contributed by atoms with Crippen molar-refractivity contribution in [2.24, 2.45) is 0 Å². The molecule has 0 aromatic carbocycles. The van der Waals surface area contributed by atoms with Gasteiger partial charge in [-0.05, 0) is 35.8 Å². The second kappa shape index (κ2) is 5.66. The summed E-state index contributed by atoms with van der Waals surface area (Å²) in [5.41, 5.74) is 1.09. The summed E-state index contributed by atoms with van der Waals surface area (Å²) >= 11 is 4.75. The Kier molecular flexibility index (Phi) is 4.16. The number of nitrogens with zero attached hydrogens (tertiary/aromatic N) is 2. The lowest BCUT2D eigenvalue weighted by Crippen LogP contribution is -2.12. The van der Waals surface area contributed by atoms with Gasteiger partial charge in [-0.1, -0.05) is 0 Å². The Hall–Kier alpha value is -1.47. The lowest BCUT2D eigenvalue weighted by Gasteiger charge is -2.13. The molecule has 0 amide bonds. The largest absolute Gasteiger partial charge is 0.478 e. The SMILES string of the molecule is Cc1csc(C(C)Nc2ncc(Br)cc2C(=O)O)n1. The number of halogens is 1. The van der Waals surface area contributed by atoms with E-state index in [4.69, 9.17) is 5.11 Å². The van der Waals surface area contributed by atoms with Crippen molar-refractivity contribution < 1.29 is 9.90 Å². The summed E-state index contributed by atoms with van der Waals surface area (Å²) < 4.78 is 0.633. The number of pyridine rings is 1. The normalized spacial score (nSPS) is 12.2. The first-order chi connectivity index (χ1) is 8.97. The number of hydrogen-bond donors (Lipinski definition) is 2. The van der Waals surface area contributed by atoms with Crippen molar-refractivity contribution in [2.45, 2.75) is 19.9 Å². The quantitative estimate of drug-likeness (QED) is 0.890. The van der Waals surface area contributed by atoms with Crippen LogP contribution in [0.5, 0.6) is 0 Å². The molecule has 2 rings (SSSR count). The summed E-state index contributed by atoms with van der Waals surface area (Å²) in [7, 11) is 0. The average molecular weight is 342 g/mol. The Labute approximate surface area is 122 Å². The number of aryl methyl sites for hydroxylation is 1. The second-order valence-electron chi connectivity index (χ2n) is 4.05. The predicted octanol–water partition coefficient (Wildman–Crippen LogP) is 3.48. The topological polar surface area (TPSA) is 75.1 Å². The molecule has 0 saturated heterocycles. The van der Waals surface area contributed by atoms with Crippen molar-refractivity contribution in [2.75, 3.05) is 5.32 Å². The molecule has 0 spiro atoms. The highest BCUT2D eigenvalue weighted by Crippen LogP contribution is 2.24. The molecule has 0 radical (unpaired) electrons. The maximum absolute atomic E-state index is 11.2. The van der Waals surface area contributed by atoms with Crippen LogP contribution in [0.25, 0.3) is 0 Å². The van der Waals surface area contributed by atoms with E-state index in [9.17, 15) is 4.79 Å². The van der Waals surface area contributed by atoms with Crippen LogP contribution in [0.3, 0.4) is 0 Å². The van der Waals surface area contributed by atoms with Crippen LogP contribution in [-0.2, 0) is 0 Å². The fraction of sp³-hybridized carbons (Fsp3) is 0.250. The first kappa shape index (κ1) is 14.0. The van der Waals surface area contributed by atoms with E-state index in [0.717, 1.165) is 10.7 Å². The molecule has 5 nitrogen and oxygen atoms in total. The third-order valence-corrected chi connectivity index (χ3v) is 4.02. The van der Waals surface area contributed by atoms with Gasteiger partial charge >= 0.3 is 5.97 Å². The van der Waals surface area contributed by atoms with Gasteiger partial charge in [0.25, 0.3) is 0 Å². The summed E-state index contributed by atoms with van der Waals surface area (Å²) in [4.78, 5) is 19.7. The number of nitrogens with one attached hydrogen (secondary N) is 1. The molecule has 0 fully saturated rings. The third kappa shape index (κ3) is 3.30. The van der Waals surface area contributed by atoms with E-state index in [1.165, 1.54) is 17.4 Å². The summed E-state index contributed by atoms with van der Waals surface area (Å²) in [6.07, 6.45) is 1.56. The van der Waals surface area contributed by atoms with Crippen LogP contribution in [0.15, 0.2) is 22.1 Å². The van der Waals surface area contributed by atoms with E-state index in [1.807, 2.05) is 19.2 Å². The Morgan fingerprint density at radius 3 is 2.89 bits per heavy atom. The second-order valence-corrected chi connectivity index (χ2v) is 5.85. The van der Waals surface area contributed by atoms with Crippen molar-refractivity contribution in [1.29, 1.82) is 0 Å². The Morgan fingerprint density at radius 1 is 1.58 bits per heavy atom. The summed E-state index contributed by atoms with van der Waals surface area (Å²) in [6.45, 7) is 3.85. The van der Waals surface area contributed by atoms with Crippen LogP contribution >= 0.6 is 27.3 Å². The van der Waals surface area contributed by atoms with E-state index in [0.29, 0.717) is 10.3 Å². The van der Waals surface area contributed by atoms with Crippen molar-refractivity contribution in [3.05, 3.63) is 38.4 Å². The number of hydrogen-bond acceptors (Lipinski definition) is 5. The van der Waals surface area contributed by atoms with Gasteiger partial charge < -0.3 is 10.4 Å². The summed E-state index contributed by atoms with van der Waals surface area (Å²) in [5.74, 6) is -0.671. The number of anilines is 1. The zero-order valence-electron chi connectivity index (χ0n) is 10.3. The van der Waals surface area contributed by atoms with Crippen LogP contribution in [0.4, 0.5) is 5.82 Å². The molecule has 0 saturated carbocycles. The Balaban J connectivity index is 2.26. The molecule has 1 atom stereocenters. The molecule has 0 aliphatic carbocycles. The van der Waals surface area contributed by atoms with Gasteiger partial charge in [-0.2, -0.15) is 0 Å². The van der Waals surface area contributed by atoms with Crippen LogP contribution in [0.2, 0.25) is 0 Å². The van der Waals surface area contributed by atoms with Gasteiger partial charge in [0.1, 0.15) is 16.4 Å². The van der Waals surface area contributed by atoms with Crippen molar-refractivity contribution in [3.8, 4) is 0 Å². The number of carboxylic acid groups (broad SMARTS) is 1. The van der Waals surface area contributed by atoms with E-state index >= 15 is 0 Å². The zero-order chi connectivity index (χ0) is 14.0. The van der Waals surface area contributed by atoms with E-state index < -0.39 is 5.97 Å². The number of aromatic carboxylic acids is 1. The van der Waals surface area contributed by atoms with Gasteiger partial charge in [-0.3, -0.25) is 0 Å². The highest BCUT2D eigenvalue weighted by molar-refractivity contribution is 9.10. The maximum atomic E-state index is 11.2. The van der Waals surface area contributed by atoms with Crippen molar-refractivity contribution in [3.63, 3.8) is 0 Å². The molecule has 2 aromatic rings. The van der Waals surface area contributed by atoms with Crippen molar-refractivity contribution in [1.82, 2.24) is 9.97 Å². The third-order valence-electron chi connectivity index (χ3n) is 2.45. The van der Waals surface area contributed by atoms with Crippen LogP contribution < -0.4 is 5.32 Å². The van der Waals surface area contributed by atoms with Gasteiger partial charge in [0.15, 0.2) is 0 Å². The molecule has 0 bridgehead atoms. The minimum Gasteiger partial charge on any atom is -0.478 e. The molecular weight excluding hydrogens is 330 g/mol. The lowest BCUT2D eigenvalue weighted by molar-refractivity contribution is 0.0697. The molecule has 100 valence electrons. The van der Waals surface area contributed by atoms with E-state index in [2.05, 4.69) is 31.2 Å². The molecule has 0 aliphatic rings. The molecule has 2 heterocycles. The van der Waals surface area contributed by atoms with Crippen LogP contribution in [0, 0.1) is 6.92 Å². The minimum atomic E-state index is -1.01. The number of rotatable bonds is 4. The molecule has 19 heavy (non-hydrogen) atoms. The van der Waals surface area contributed by atoms with E-state index in [-0.39, 0.29) is 11.6 Å². The van der Waals surface area contributed by atoms with Crippen LogP contribution in [0.1, 0.15) is 34.0 Å². The van der Waals surface area contributed by atoms with Crippen molar-refractivity contribution >= 4 is 39.1 Å². The monoisotopic (exact) mass is 341 g/mol. The van der Waals surface area contributed by atoms with Gasteiger partial charge in [-0.25, -0.2) is 14.8 Å². The highest BCUT2D eigenvalue weighted by Gasteiger charge is 2.16. The Bertz CT molecular complexity index is 615. The predicted molar refractivity (Wildman–Crippen MR) is 77.8 cm³/mol. The standard InChI is InChI=1S/C12H12BrN3O2S/c1-6-5-19-11(15-6)7(2)16-10-9(12(17)18)3-8(13)4-14-10/h3-5,7H,1-2H3,(H,14,16)(H,17,18). The lowest BCUT2D eigenvalue weighted by atomic mass is 10.2. The first-order valence-corrected chi connectivity index (χ1v) is 7.22.